The first kappa shape index (κ1) is 49.5. The standard InChI is InChI=1S/C35H22N4S.C21H14BrN3.C14H9NS/c1-3-10-23(11-4-1)33-36-34(24-12-5-2-6-13-24)38-35(37-33)25-14-9-15-26(22-25)39-29-17-8-7-16-27(29)32-28-20-21-40-31(28)19-18-30(32)39;22-18-13-7-12-17(14-18)21-24-19(15-8-3-1-4-9-15)23-20(25-21)16-10-5-2-6-11-16;1-2-4-11-9(3-1)14-10-7-8-16-13(10)6-5-12(14)15-11/h1-22H;1-14H;1-8,15H. The molecule has 0 amide bonds. The lowest BCUT2D eigenvalue weighted by Gasteiger charge is -2.11. The van der Waals surface area contributed by atoms with Gasteiger partial charge in [0.1, 0.15) is 0 Å². The number of halogens is 1. The van der Waals surface area contributed by atoms with E-state index in [-0.39, 0.29) is 0 Å². The number of rotatable bonds is 7. The molecule has 0 aliphatic carbocycles. The van der Waals surface area contributed by atoms with Crippen molar-refractivity contribution in [3.05, 3.63) is 270 Å². The van der Waals surface area contributed by atoms with Crippen molar-refractivity contribution >= 4 is 102 Å². The Morgan fingerprint density at radius 3 is 1.28 bits per heavy atom. The molecule has 6 heterocycles. The van der Waals surface area contributed by atoms with Crippen molar-refractivity contribution in [1.29, 1.82) is 0 Å². The number of nitrogens with zero attached hydrogens (tertiary/aromatic N) is 7. The van der Waals surface area contributed by atoms with Crippen molar-refractivity contribution in [2.45, 2.75) is 0 Å². The number of fused-ring (bicyclic) bond motifs is 10. The summed E-state index contributed by atoms with van der Waals surface area (Å²) in [5.41, 5.74) is 11.6. The highest BCUT2D eigenvalue weighted by Crippen LogP contribution is 2.40. The maximum Gasteiger partial charge on any atom is 0.164 e. The molecule has 0 bridgehead atoms. The quantitative estimate of drug-likeness (QED) is 0.171. The van der Waals surface area contributed by atoms with E-state index in [2.05, 4.69) is 150 Å². The molecule has 0 aliphatic rings. The highest BCUT2D eigenvalue weighted by molar-refractivity contribution is 9.10. The monoisotopic (exact) mass is 1140 g/mol. The van der Waals surface area contributed by atoms with Crippen LogP contribution in [0.25, 0.3) is 138 Å². The van der Waals surface area contributed by atoms with E-state index in [4.69, 9.17) is 24.9 Å². The number of nitrogens with one attached hydrogen (secondary N) is 1. The van der Waals surface area contributed by atoms with Crippen LogP contribution in [0.5, 0.6) is 0 Å². The maximum absolute atomic E-state index is 4.95. The van der Waals surface area contributed by atoms with Crippen LogP contribution in [0.2, 0.25) is 0 Å². The summed E-state index contributed by atoms with van der Waals surface area (Å²) in [6.45, 7) is 0. The van der Waals surface area contributed by atoms with E-state index in [1.165, 1.54) is 63.8 Å². The third-order valence-electron chi connectivity index (χ3n) is 14.2. The Labute approximate surface area is 482 Å². The summed E-state index contributed by atoms with van der Waals surface area (Å²) in [7, 11) is 0. The van der Waals surface area contributed by atoms with E-state index in [0.717, 1.165) is 43.5 Å². The second-order valence-electron chi connectivity index (χ2n) is 19.3. The first-order valence-electron chi connectivity index (χ1n) is 26.4. The van der Waals surface area contributed by atoms with E-state index in [9.17, 15) is 0 Å². The number of hydrogen-bond acceptors (Lipinski definition) is 8. The second-order valence-corrected chi connectivity index (χ2v) is 22.1. The fraction of sp³-hybridized carbons (Fsp3) is 0. The number of thiophene rings is 2. The van der Waals surface area contributed by atoms with Crippen LogP contribution in [-0.4, -0.2) is 39.5 Å². The van der Waals surface area contributed by atoms with Gasteiger partial charge >= 0.3 is 0 Å². The number of hydrogen-bond donors (Lipinski definition) is 1. The van der Waals surface area contributed by atoms with Gasteiger partial charge in [-0.1, -0.05) is 198 Å². The Balaban J connectivity index is 0.000000121. The van der Waals surface area contributed by atoms with E-state index < -0.39 is 0 Å². The molecule has 81 heavy (non-hydrogen) atoms. The van der Waals surface area contributed by atoms with Gasteiger partial charge in [0.05, 0.1) is 11.0 Å². The van der Waals surface area contributed by atoms with Gasteiger partial charge in [0, 0.05) is 96.3 Å². The summed E-state index contributed by atoms with van der Waals surface area (Å²) in [5, 5.41) is 12.2. The molecule has 0 unspecified atom stereocenters. The molecule has 0 saturated heterocycles. The fourth-order valence-electron chi connectivity index (χ4n) is 10.5. The zero-order valence-corrected chi connectivity index (χ0v) is 46.4. The SMILES string of the molecule is Brc1cccc(-c2nc(-c3ccccc3)nc(-c3ccccc3)n2)c1.c1ccc(-c2nc(-c3ccccc3)nc(-c3cccc(-n4c5ccccc5c5c6ccsc6ccc54)c3)n2)cc1.c1ccc2c(c1)[nH]c1ccc3sccc3c12. The fourth-order valence-corrected chi connectivity index (χ4v) is 12.5. The average molecular weight is 1140 g/mol. The Hall–Kier alpha value is -9.78. The summed E-state index contributed by atoms with van der Waals surface area (Å²) >= 11 is 7.10. The number of benzene rings is 10. The van der Waals surface area contributed by atoms with Gasteiger partial charge in [0.25, 0.3) is 0 Å². The molecule has 1 N–H and O–H groups in total. The molecule has 0 atom stereocenters. The Morgan fingerprint density at radius 2 is 0.741 bits per heavy atom. The second kappa shape index (κ2) is 21.8. The molecule has 384 valence electrons. The minimum atomic E-state index is 0.649. The van der Waals surface area contributed by atoms with Crippen molar-refractivity contribution < 1.29 is 0 Å². The molecular weight excluding hydrogens is 1100 g/mol. The van der Waals surface area contributed by atoms with Crippen LogP contribution in [0.3, 0.4) is 0 Å². The van der Waals surface area contributed by atoms with Crippen molar-refractivity contribution in [3.8, 4) is 74.0 Å². The predicted octanol–water partition coefficient (Wildman–Crippen LogP) is 19.4. The van der Waals surface area contributed by atoms with Crippen LogP contribution in [0.15, 0.2) is 270 Å². The van der Waals surface area contributed by atoms with Crippen LogP contribution in [0, 0.1) is 0 Å². The molecule has 16 aromatic rings. The third kappa shape index (κ3) is 9.84. The highest BCUT2D eigenvalue weighted by Gasteiger charge is 2.18. The molecule has 6 aromatic heterocycles. The van der Waals surface area contributed by atoms with Crippen molar-refractivity contribution in [2.75, 3.05) is 0 Å². The molecule has 11 heteroatoms. The lowest BCUT2D eigenvalue weighted by Crippen LogP contribution is -2.01. The molecule has 8 nitrogen and oxygen atoms in total. The molecule has 0 fully saturated rings. The maximum atomic E-state index is 4.95. The normalized spacial score (nSPS) is 11.3. The van der Waals surface area contributed by atoms with Gasteiger partial charge in [-0.05, 0) is 83.6 Å². The third-order valence-corrected chi connectivity index (χ3v) is 16.5. The summed E-state index contributed by atoms with van der Waals surface area (Å²) in [6.07, 6.45) is 0. The van der Waals surface area contributed by atoms with Gasteiger partial charge in [-0.25, -0.2) is 29.9 Å². The zero-order chi connectivity index (χ0) is 54.1. The van der Waals surface area contributed by atoms with Crippen molar-refractivity contribution in [3.63, 3.8) is 0 Å². The predicted molar refractivity (Wildman–Crippen MR) is 341 cm³/mol. The molecule has 0 saturated carbocycles. The smallest absolute Gasteiger partial charge is 0.164 e. The van der Waals surface area contributed by atoms with Crippen molar-refractivity contribution in [1.82, 2.24) is 39.5 Å². The van der Waals surface area contributed by atoms with E-state index in [1.807, 2.05) is 146 Å². The van der Waals surface area contributed by atoms with Gasteiger partial charge in [-0.3, -0.25) is 0 Å². The number of para-hydroxylation sites is 2. The molecular formula is C70H45BrN8S2. The van der Waals surface area contributed by atoms with Gasteiger partial charge in [0.2, 0.25) is 0 Å². The largest absolute Gasteiger partial charge is 0.354 e. The Morgan fingerprint density at radius 1 is 0.309 bits per heavy atom. The number of aromatic nitrogens is 8. The summed E-state index contributed by atoms with van der Waals surface area (Å²) in [4.78, 5) is 32.3. The van der Waals surface area contributed by atoms with Crippen LogP contribution in [-0.2, 0) is 0 Å². The minimum Gasteiger partial charge on any atom is -0.354 e. The lowest BCUT2D eigenvalue weighted by atomic mass is 10.1. The van der Waals surface area contributed by atoms with Gasteiger partial charge < -0.3 is 9.55 Å². The topological polar surface area (TPSA) is 98.1 Å². The first-order chi connectivity index (χ1) is 40.1. The lowest BCUT2D eigenvalue weighted by molar-refractivity contribution is 1.07. The summed E-state index contributed by atoms with van der Waals surface area (Å²) < 4.78 is 6.00. The first-order valence-corrected chi connectivity index (χ1v) is 29.0. The molecule has 0 radical (unpaired) electrons. The molecule has 0 spiro atoms. The Bertz CT molecular complexity index is 4790. The van der Waals surface area contributed by atoms with Crippen LogP contribution < -0.4 is 0 Å². The van der Waals surface area contributed by atoms with Crippen LogP contribution in [0.1, 0.15) is 0 Å². The Kier molecular flexibility index (Phi) is 13.3. The van der Waals surface area contributed by atoms with E-state index >= 15 is 0 Å². The van der Waals surface area contributed by atoms with E-state index in [1.54, 1.807) is 22.7 Å². The molecule has 16 rings (SSSR count). The molecule has 10 aromatic carbocycles. The van der Waals surface area contributed by atoms with Gasteiger partial charge in [0.15, 0.2) is 34.9 Å². The molecule has 0 aliphatic heterocycles. The summed E-state index contributed by atoms with van der Waals surface area (Å²) in [5.74, 6) is 3.97. The zero-order valence-electron chi connectivity index (χ0n) is 43.2. The number of aromatic amines is 1. The van der Waals surface area contributed by atoms with Gasteiger partial charge in [-0.15, -0.1) is 22.7 Å². The van der Waals surface area contributed by atoms with Crippen LogP contribution >= 0.6 is 38.6 Å². The summed E-state index contributed by atoms with van der Waals surface area (Å²) in [6, 6.07) is 87.0. The van der Waals surface area contributed by atoms with E-state index in [0.29, 0.717) is 34.9 Å². The highest BCUT2D eigenvalue weighted by atomic mass is 79.9. The minimum absolute atomic E-state index is 0.649. The van der Waals surface area contributed by atoms with Crippen LogP contribution in [0.4, 0.5) is 0 Å². The van der Waals surface area contributed by atoms with Gasteiger partial charge in [-0.2, -0.15) is 0 Å². The number of H-pyrrole nitrogens is 1. The average Bonchev–Trinajstić information content (AvgIpc) is 4.49. The van der Waals surface area contributed by atoms with Crippen molar-refractivity contribution in [2.24, 2.45) is 0 Å².